The molecule has 1 atom stereocenters. The van der Waals surface area contributed by atoms with Crippen LogP contribution in [0.5, 0.6) is 5.75 Å². The number of esters is 1. The monoisotopic (exact) mass is 571 g/mol. The summed E-state index contributed by atoms with van der Waals surface area (Å²) in [5.41, 5.74) is 0.835. The second kappa shape index (κ2) is 13.2. The third-order valence-corrected chi connectivity index (χ3v) is 6.10. The zero-order valence-corrected chi connectivity index (χ0v) is 22.1. The predicted octanol–water partition coefficient (Wildman–Crippen LogP) is 4.74. The van der Waals surface area contributed by atoms with Gasteiger partial charge in [0.15, 0.2) is 12.7 Å². The van der Waals surface area contributed by atoms with Crippen molar-refractivity contribution in [3.63, 3.8) is 0 Å². The van der Waals surface area contributed by atoms with Crippen LogP contribution in [0.3, 0.4) is 0 Å². The molecule has 9 nitrogen and oxygen atoms in total. The SMILES string of the molecule is C[C@@H](OC(=O)c1ccc(OCC(=O)Nc2cccc(C(F)(F)F)c2)cc1)C(=O)Nc1ccc(N2CCOCC2)cc1. The summed E-state index contributed by atoms with van der Waals surface area (Å²) in [6.45, 7) is 3.91. The molecule has 0 radical (unpaired) electrons. The van der Waals surface area contributed by atoms with Gasteiger partial charge in [-0.2, -0.15) is 13.2 Å². The van der Waals surface area contributed by atoms with E-state index in [2.05, 4.69) is 15.5 Å². The molecule has 2 amide bonds. The van der Waals surface area contributed by atoms with Crippen LogP contribution in [-0.2, 0) is 25.2 Å². The average Bonchev–Trinajstić information content (AvgIpc) is 2.97. The largest absolute Gasteiger partial charge is 0.484 e. The Hall–Kier alpha value is -4.58. The van der Waals surface area contributed by atoms with E-state index in [4.69, 9.17) is 14.2 Å². The lowest BCUT2D eigenvalue weighted by atomic mass is 10.2. The highest BCUT2D eigenvalue weighted by molar-refractivity contribution is 5.97. The van der Waals surface area contributed by atoms with Gasteiger partial charge in [0.2, 0.25) is 0 Å². The first kappa shape index (κ1) is 29.4. The van der Waals surface area contributed by atoms with Gasteiger partial charge in [0, 0.05) is 30.2 Å². The van der Waals surface area contributed by atoms with Gasteiger partial charge in [0.25, 0.3) is 11.8 Å². The molecular formula is C29H28F3N3O6. The number of ether oxygens (including phenoxy) is 3. The van der Waals surface area contributed by atoms with Crippen molar-refractivity contribution in [1.29, 1.82) is 0 Å². The molecule has 1 saturated heterocycles. The number of carbonyl (C=O) groups is 3. The summed E-state index contributed by atoms with van der Waals surface area (Å²) in [6.07, 6.45) is -5.60. The Kier molecular flexibility index (Phi) is 9.45. The lowest BCUT2D eigenvalue weighted by Crippen LogP contribution is -2.36. The molecule has 0 aromatic heterocycles. The van der Waals surface area contributed by atoms with Crippen LogP contribution in [0.15, 0.2) is 72.8 Å². The van der Waals surface area contributed by atoms with E-state index >= 15 is 0 Å². The molecule has 1 heterocycles. The average molecular weight is 572 g/mol. The van der Waals surface area contributed by atoms with Gasteiger partial charge in [0.1, 0.15) is 5.75 Å². The fraction of sp³-hybridized carbons (Fsp3) is 0.276. The van der Waals surface area contributed by atoms with Crippen LogP contribution in [0.2, 0.25) is 0 Å². The molecule has 1 aliphatic rings. The first-order valence-corrected chi connectivity index (χ1v) is 12.7. The number of nitrogens with zero attached hydrogens (tertiary/aromatic N) is 1. The third-order valence-electron chi connectivity index (χ3n) is 6.10. The van der Waals surface area contributed by atoms with Gasteiger partial charge in [-0.3, -0.25) is 9.59 Å². The number of hydrogen-bond donors (Lipinski definition) is 2. The van der Waals surface area contributed by atoms with E-state index in [1.54, 1.807) is 12.1 Å². The summed E-state index contributed by atoms with van der Waals surface area (Å²) >= 11 is 0. The molecule has 12 heteroatoms. The highest BCUT2D eigenvalue weighted by Crippen LogP contribution is 2.30. The lowest BCUT2D eigenvalue weighted by Gasteiger charge is -2.28. The molecule has 3 aromatic rings. The van der Waals surface area contributed by atoms with E-state index in [1.165, 1.54) is 43.3 Å². The summed E-state index contributed by atoms with van der Waals surface area (Å²) in [4.78, 5) is 39.3. The van der Waals surface area contributed by atoms with Gasteiger partial charge in [-0.1, -0.05) is 6.07 Å². The maximum atomic E-state index is 12.8. The van der Waals surface area contributed by atoms with Crippen molar-refractivity contribution in [2.24, 2.45) is 0 Å². The van der Waals surface area contributed by atoms with Crippen molar-refractivity contribution in [2.75, 3.05) is 48.4 Å². The minimum absolute atomic E-state index is 0.0188. The van der Waals surface area contributed by atoms with Gasteiger partial charge >= 0.3 is 12.1 Å². The van der Waals surface area contributed by atoms with Crippen molar-refractivity contribution < 1.29 is 41.8 Å². The van der Waals surface area contributed by atoms with Gasteiger partial charge in [-0.05, 0) is 73.7 Å². The summed E-state index contributed by atoms with van der Waals surface area (Å²) < 4.78 is 54.5. The highest BCUT2D eigenvalue weighted by atomic mass is 19.4. The Morgan fingerprint density at radius 1 is 0.927 bits per heavy atom. The molecule has 0 saturated carbocycles. The predicted molar refractivity (Wildman–Crippen MR) is 145 cm³/mol. The Labute approximate surface area is 234 Å². The van der Waals surface area contributed by atoms with Crippen LogP contribution in [0.1, 0.15) is 22.8 Å². The first-order valence-electron chi connectivity index (χ1n) is 12.7. The molecule has 3 aromatic carbocycles. The fourth-order valence-corrected chi connectivity index (χ4v) is 3.91. The van der Waals surface area contributed by atoms with E-state index in [-0.39, 0.29) is 17.0 Å². The molecule has 2 N–H and O–H groups in total. The molecule has 0 unspecified atom stereocenters. The standard InChI is InChI=1S/C29H28F3N3O6/c1-19(27(37)34-22-7-9-24(10-8-22)35-13-15-39-16-14-35)41-28(38)20-5-11-25(12-6-20)40-18-26(36)33-23-4-2-3-21(17-23)29(30,31)32/h2-12,17,19H,13-16,18H2,1H3,(H,33,36)(H,34,37)/t19-/m1/s1. The third kappa shape index (κ3) is 8.45. The van der Waals surface area contributed by atoms with Crippen molar-refractivity contribution in [1.82, 2.24) is 0 Å². The number of benzene rings is 3. The molecule has 216 valence electrons. The van der Waals surface area contributed by atoms with Crippen LogP contribution in [-0.4, -0.2) is 56.8 Å². The Morgan fingerprint density at radius 2 is 1.61 bits per heavy atom. The van der Waals surface area contributed by atoms with Crippen LogP contribution in [0, 0.1) is 0 Å². The molecule has 0 bridgehead atoms. The van der Waals surface area contributed by atoms with Crippen molar-refractivity contribution in [3.8, 4) is 5.75 Å². The maximum absolute atomic E-state index is 12.8. The number of carbonyl (C=O) groups excluding carboxylic acids is 3. The number of halogens is 3. The van der Waals surface area contributed by atoms with E-state index in [0.717, 1.165) is 30.9 Å². The molecule has 1 aliphatic heterocycles. The lowest BCUT2D eigenvalue weighted by molar-refractivity contribution is -0.137. The number of amides is 2. The van der Waals surface area contributed by atoms with Gasteiger partial charge in [-0.15, -0.1) is 0 Å². The van der Waals surface area contributed by atoms with Gasteiger partial charge in [-0.25, -0.2) is 4.79 Å². The van der Waals surface area contributed by atoms with Crippen molar-refractivity contribution in [3.05, 3.63) is 83.9 Å². The van der Waals surface area contributed by atoms with Crippen molar-refractivity contribution >= 4 is 34.8 Å². The summed E-state index contributed by atoms with van der Waals surface area (Å²) in [5.74, 6) is -1.65. The number of morpholine rings is 1. The number of hydrogen-bond acceptors (Lipinski definition) is 7. The topological polar surface area (TPSA) is 106 Å². The number of nitrogens with one attached hydrogen (secondary N) is 2. The highest BCUT2D eigenvalue weighted by Gasteiger charge is 2.30. The Balaban J connectivity index is 1.22. The van der Waals surface area contributed by atoms with Crippen LogP contribution >= 0.6 is 0 Å². The summed E-state index contributed by atoms with van der Waals surface area (Å²) in [7, 11) is 0. The second-order valence-electron chi connectivity index (χ2n) is 9.12. The second-order valence-corrected chi connectivity index (χ2v) is 9.12. The number of rotatable bonds is 9. The summed E-state index contributed by atoms with van der Waals surface area (Å²) in [6, 6.07) is 17.2. The van der Waals surface area contributed by atoms with Gasteiger partial charge < -0.3 is 29.7 Å². The molecular weight excluding hydrogens is 543 g/mol. The maximum Gasteiger partial charge on any atom is 0.416 e. The number of anilines is 3. The minimum Gasteiger partial charge on any atom is -0.484 e. The van der Waals surface area contributed by atoms with E-state index in [1.807, 2.05) is 12.1 Å². The fourth-order valence-electron chi connectivity index (χ4n) is 3.91. The molecule has 0 spiro atoms. The van der Waals surface area contributed by atoms with Crippen molar-refractivity contribution in [2.45, 2.75) is 19.2 Å². The minimum atomic E-state index is -4.53. The first-order chi connectivity index (χ1) is 19.6. The van der Waals surface area contributed by atoms with E-state index in [0.29, 0.717) is 18.9 Å². The summed E-state index contributed by atoms with van der Waals surface area (Å²) in [5, 5.41) is 5.06. The Morgan fingerprint density at radius 3 is 2.27 bits per heavy atom. The van der Waals surface area contributed by atoms with E-state index in [9.17, 15) is 27.6 Å². The van der Waals surface area contributed by atoms with E-state index < -0.39 is 42.2 Å². The molecule has 0 aliphatic carbocycles. The molecule has 4 rings (SSSR count). The Bertz CT molecular complexity index is 1360. The zero-order valence-electron chi connectivity index (χ0n) is 22.1. The van der Waals surface area contributed by atoms with Gasteiger partial charge in [0.05, 0.1) is 24.3 Å². The molecule has 41 heavy (non-hydrogen) atoms. The number of alkyl halides is 3. The van der Waals surface area contributed by atoms with Crippen LogP contribution < -0.4 is 20.3 Å². The normalized spacial score (nSPS) is 14.1. The molecule has 1 fully saturated rings. The zero-order chi connectivity index (χ0) is 29.4. The quantitative estimate of drug-likeness (QED) is 0.358. The smallest absolute Gasteiger partial charge is 0.416 e. The van der Waals surface area contributed by atoms with Crippen LogP contribution in [0.4, 0.5) is 30.2 Å². The van der Waals surface area contributed by atoms with Crippen LogP contribution in [0.25, 0.3) is 0 Å².